The first kappa shape index (κ1) is 14.6. The predicted molar refractivity (Wildman–Crippen MR) is 88.1 cm³/mol. The Morgan fingerprint density at radius 1 is 1.19 bits per heavy atom. The van der Waals surface area contributed by atoms with Gasteiger partial charge < -0.3 is 5.32 Å². The molecule has 3 aromatic rings. The van der Waals surface area contributed by atoms with Crippen LogP contribution in [0.2, 0.25) is 10.0 Å². The van der Waals surface area contributed by atoms with E-state index in [-0.39, 0.29) is 11.1 Å². The molecule has 108 valence electrons. The van der Waals surface area contributed by atoms with Gasteiger partial charge in [-0.25, -0.2) is 9.37 Å². The van der Waals surface area contributed by atoms with Gasteiger partial charge in [0.25, 0.3) is 0 Å². The fraction of sp³-hybridized carbons (Fsp3) is 0.133. The van der Waals surface area contributed by atoms with Crippen LogP contribution < -0.4 is 5.32 Å². The number of hydrogen-bond acceptors (Lipinski definition) is 3. The smallest absolute Gasteiger partial charge is 0.142 e. The van der Waals surface area contributed by atoms with Gasteiger partial charge in [-0.05, 0) is 42.8 Å². The molecular formula is C15H11Cl2FN2S. The Bertz CT molecular complexity index is 803. The molecule has 0 radical (unpaired) electrons. The van der Waals surface area contributed by atoms with Gasteiger partial charge in [0.1, 0.15) is 5.82 Å². The Kier molecular flexibility index (Phi) is 4.02. The summed E-state index contributed by atoms with van der Waals surface area (Å²) < 4.78 is 14.7. The summed E-state index contributed by atoms with van der Waals surface area (Å²) in [4.78, 5) is 4.24. The molecule has 0 bridgehead atoms. The summed E-state index contributed by atoms with van der Waals surface area (Å²) in [7, 11) is 0. The zero-order chi connectivity index (χ0) is 15.0. The molecule has 0 amide bonds. The molecule has 0 saturated heterocycles. The quantitative estimate of drug-likeness (QED) is 0.599. The molecule has 0 aliphatic rings. The van der Waals surface area contributed by atoms with E-state index in [4.69, 9.17) is 23.2 Å². The molecule has 1 unspecified atom stereocenters. The Morgan fingerprint density at radius 3 is 2.81 bits per heavy atom. The van der Waals surface area contributed by atoms with Crippen LogP contribution in [0.4, 0.5) is 10.1 Å². The largest absolute Gasteiger partial charge is 0.378 e. The first-order valence-corrected chi connectivity index (χ1v) is 7.92. The Labute approximate surface area is 135 Å². The summed E-state index contributed by atoms with van der Waals surface area (Å²) in [5.41, 5.74) is 4.38. The van der Waals surface area contributed by atoms with Crippen LogP contribution >= 0.6 is 34.5 Å². The van der Waals surface area contributed by atoms with E-state index in [0.717, 1.165) is 15.9 Å². The van der Waals surface area contributed by atoms with Crippen LogP contribution in [0.25, 0.3) is 10.2 Å². The molecule has 0 aliphatic heterocycles. The molecule has 0 fully saturated rings. The van der Waals surface area contributed by atoms with Crippen molar-refractivity contribution in [1.29, 1.82) is 0 Å². The lowest BCUT2D eigenvalue weighted by molar-refractivity contribution is 0.624. The van der Waals surface area contributed by atoms with Gasteiger partial charge in [0.05, 0.1) is 26.8 Å². The SMILES string of the molecule is CC(Nc1ccc2ncsc2c1)c1cc(F)c(Cl)cc1Cl. The van der Waals surface area contributed by atoms with E-state index in [1.54, 1.807) is 11.3 Å². The zero-order valence-corrected chi connectivity index (χ0v) is 13.4. The summed E-state index contributed by atoms with van der Waals surface area (Å²) in [6.45, 7) is 1.92. The van der Waals surface area contributed by atoms with Gasteiger partial charge in [-0.3, -0.25) is 0 Å². The minimum Gasteiger partial charge on any atom is -0.378 e. The van der Waals surface area contributed by atoms with Gasteiger partial charge in [0.2, 0.25) is 0 Å². The lowest BCUT2D eigenvalue weighted by Gasteiger charge is -2.17. The highest BCUT2D eigenvalue weighted by Crippen LogP contribution is 2.31. The number of halogens is 3. The Morgan fingerprint density at radius 2 is 2.00 bits per heavy atom. The minimum absolute atomic E-state index is 0.0297. The number of hydrogen-bond donors (Lipinski definition) is 1. The first-order valence-electron chi connectivity index (χ1n) is 6.29. The van der Waals surface area contributed by atoms with Gasteiger partial charge in [-0.2, -0.15) is 0 Å². The van der Waals surface area contributed by atoms with E-state index in [1.165, 1.54) is 12.1 Å². The highest BCUT2D eigenvalue weighted by molar-refractivity contribution is 7.16. The molecule has 21 heavy (non-hydrogen) atoms. The fourth-order valence-electron chi connectivity index (χ4n) is 2.14. The topological polar surface area (TPSA) is 24.9 Å². The number of aromatic nitrogens is 1. The number of anilines is 1. The number of benzene rings is 2. The Hall–Kier alpha value is -1.36. The second-order valence-electron chi connectivity index (χ2n) is 4.69. The van der Waals surface area contributed by atoms with Crippen molar-refractivity contribution in [1.82, 2.24) is 4.98 Å². The summed E-state index contributed by atoms with van der Waals surface area (Å²) >= 11 is 13.4. The van der Waals surface area contributed by atoms with E-state index >= 15 is 0 Å². The molecule has 0 aliphatic carbocycles. The molecular weight excluding hydrogens is 330 g/mol. The molecule has 0 spiro atoms. The average molecular weight is 341 g/mol. The minimum atomic E-state index is -0.470. The molecule has 6 heteroatoms. The van der Waals surface area contributed by atoms with Gasteiger partial charge in [0.15, 0.2) is 0 Å². The molecule has 3 rings (SSSR count). The number of thiazole rings is 1. The van der Waals surface area contributed by atoms with Crippen molar-refractivity contribution in [2.45, 2.75) is 13.0 Å². The lowest BCUT2D eigenvalue weighted by atomic mass is 10.1. The third-order valence-electron chi connectivity index (χ3n) is 3.22. The van der Waals surface area contributed by atoms with Gasteiger partial charge in [-0.15, -0.1) is 11.3 Å². The molecule has 1 heterocycles. The van der Waals surface area contributed by atoms with Crippen LogP contribution in [0, 0.1) is 5.82 Å². The van der Waals surface area contributed by atoms with Crippen molar-refractivity contribution in [3.63, 3.8) is 0 Å². The number of nitrogens with one attached hydrogen (secondary N) is 1. The third kappa shape index (κ3) is 2.98. The van der Waals surface area contributed by atoms with Crippen LogP contribution in [-0.4, -0.2) is 4.98 Å². The second kappa shape index (κ2) is 5.79. The molecule has 2 nitrogen and oxygen atoms in total. The van der Waals surface area contributed by atoms with Crippen molar-refractivity contribution in [2.75, 3.05) is 5.32 Å². The highest BCUT2D eigenvalue weighted by atomic mass is 35.5. The summed E-state index contributed by atoms with van der Waals surface area (Å²) in [6.07, 6.45) is 0. The van der Waals surface area contributed by atoms with Gasteiger partial charge >= 0.3 is 0 Å². The van der Waals surface area contributed by atoms with Crippen LogP contribution in [0.5, 0.6) is 0 Å². The molecule has 1 aromatic heterocycles. The maximum atomic E-state index is 13.6. The molecule has 1 atom stereocenters. The van der Waals surface area contributed by atoms with Crippen molar-refractivity contribution in [3.8, 4) is 0 Å². The second-order valence-corrected chi connectivity index (χ2v) is 6.39. The van der Waals surface area contributed by atoms with Crippen LogP contribution in [-0.2, 0) is 0 Å². The summed E-state index contributed by atoms with van der Waals surface area (Å²) in [6, 6.07) is 8.56. The van der Waals surface area contributed by atoms with Gasteiger partial charge in [-0.1, -0.05) is 23.2 Å². The van der Waals surface area contributed by atoms with E-state index in [9.17, 15) is 4.39 Å². The monoisotopic (exact) mass is 340 g/mol. The van der Waals surface area contributed by atoms with Crippen LogP contribution in [0.3, 0.4) is 0 Å². The van der Waals surface area contributed by atoms with E-state index < -0.39 is 5.82 Å². The number of rotatable bonds is 3. The average Bonchev–Trinajstić information content (AvgIpc) is 2.90. The molecule has 1 N–H and O–H groups in total. The molecule has 0 saturated carbocycles. The van der Waals surface area contributed by atoms with Gasteiger partial charge in [0, 0.05) is 10.7 Å². The highest BCUT2D eigenvalue weighted by Gasteiger charge is 2.13. The van der Waals surface area contributed by atoms with Crippen LogP contribution in [0.15, 0.2) is 35.8 Å². The van der Waals surface area contributed by atoms with Crippen molar-refractivity contribution in [2.24, 2.45) is 0 Å². The fourth-order valence-corrected chi connectivity index (χ4v) is 3.41. The van der Waals surface area contributed by atoms with Crippen LogP contribution in [0.1, 0.15) is 18.5 Å². The van der Waals surface area contributed by atoms with Crippen molar-refractivity contribution < 1.29 is 4.39 Å². The van der Waals surface area contributed by atoms with Crippen molar-refractivity contribution in [3.05, 3.63) is 57.3 Å². The summed E-state index contributed by atoms with van der Waals surface area (Å²) in [5.74, 6) is -0.470. The predicted octanol–water partition coefficient (Wildman–Crippen LogP) is 5.92. The molecule has 2 aromatic carbocycles. The zero-order valence-electron chi connectivity index (χ0n) is 11.0. The standard InChI is InChI=1S/C15H11Cl2FN2S/c1-8(10-5-13(18)12(17)6-11(10)16)20-9-2-3-14-15(4-9)21-7-19-14/h2-8,20H,1H3. The Balaban J connectivity index is 1.88. The lowest BCUT2D eigenvalue weighted by Crippen LogP contribution is -2.07. The first-order chi connectivity index (χ1) is 10.0. The third-order valence-corrected chi connectivity index (χ3v) is 4.63. The number of nitrogens with zero attached hydrogens (tertiary/aromatic N) is 1. The number of fused-ring (bicyclic) bond motifs is 1. The maximum absolute atomic E-state index is 13.6. The van der Waals surface area contributed by atoms with Crippen molar-refractivity contribution >= 4 is 50.4 Å². The van der Waals surface area contributed by atoms with E-state index in [0.29, 0.717) is 10.6 Å². The van der Waals surface area contributed by atoms with E-state index in [2.05, 4.69) is 10.3 Å². The maximum Gasteiger partial charge on any atom is 0.142 e. The summed E-state index contributed by atoms with van der Waals surface area (Å²) in [5, 5.41) is 3.79. The normalized spacial score (nSPS) is 12.6. The van der Waals surface area contributed by atoms with E-state index in [1.807, 2.05) is 30.6 Å².